The molecule has 0 unspecified atom stereocenters. The fourth-order valence-corrected chi connectivity index (χ4v) is 3.09. The van der Waals surface area contributed by atoms with Gasteiger partial charge in [0.15, 0.2) is 0 Å². The lowest BCUT2D eigenvalue weighted by Gasteiger charge is -2.01. The molecule has 90 valence electrons. The Hall–Kier alpha value is -1.17. The first-order valence-corrected chi connectivity index (χ1v) is 6.92. The molecule has 0 aromatic carbocycles. The van der Waals surface area contributed by atoms with Crippen LogP contribution in [-0.4, -0.2) is 11.1 Å². The van der Waals surface area contributed by atoms with Crippen LogP contribution in [0.4, 0.5) is 0 Å². The number of carboxylic acid groups (broad SMARTS) is 1. The van der Waals surface area contributed by atoms with Crippen molar-refractivity contribution in [3.05, 3.63) is 43.8 Å². The van der Waals surface area contributed by atoms with E-state index in [9.17, 15) is 4.79 Å². The maximum absolute atomic E-state index is 10.8. The van der Waals surface area contributed by atoms with Crippen molar-refractivity contribution in [2.45, 2.75) is 20.0 Å². The zero-order valence-corrected chi connectivity index (χ0v) is 11.0. The van der Waals surface area contributed by atoms with Crippen LogP contribution in [0.15, 0.2) is 23.6 Å². The Labute approximate surface area is 108 Å². The number of rotatable bonds is 5. The Balaban J connectivity index is 1.92. The molecule has 0 amide bonds. The predicted molar refractivity (Wildman–Crippen MR) is 70.9 cm³/mol. The van der Waals surface area contributed by atoms with Gasteiger partial charge in [0.25, 0.3) is 0 Å². The topological polar surface area (TPSA) is 49.3 Å². The molecule has 17 heavy (non-hydrogen) atoms. The van der Waals surface area contributed by atoms with E-state index in [1.807, 2.05) is 13.0 Å². The van der Waals surface area contributed by atoms with Gasteiger partial charge in [-0.1, -0.05) is 6.07 Å². The van der Waals surface area contributed by atoms with Crippen LogP contribution in [-0.2, 0) is 13.1 Å². The molecule has 2 rings (SSSR count). The van der Waals surface area contributed by atoms with Crippen LogP contribution in [0, 0.1) is 6.92 Å². The zero-order chi connectivity index (χ0) is 12.3. The number of aryl methyl sites for hydroxylation is 1. The van der Waals surface area contributed by atoms with E-state index in [0.29, 0.717) is 11.4 Å². The number of thiophene rings is 2. The number of nitrogens with one attached hydrogen (secondary N) is 1. The van der Waals surface area contributed by atoms with E-state index in [1.165, 1.54) is 16.2 Å². The number of aromatic carboxylic acids is 1. The molecule has 2 N–H and O–H groups in total. The molecule has 2 heterocycles. The fourth-order valence-electron chi connectivity index (χ4n) is 1.53. The lowest BCUT2D eigenvalue weighted by Crippen LogP contribution is -2.11. The Kier molecular flexibility index (Phi) is 3.93. The summed E-state index contributed by atoms with van der Waals surface area (Å²) in [6, 6.07) is 5.87. The summed E-state index contributed by atoms with van der Waals surface area (Å²) < 4.78 is 0. The molecular weight excluding hydrogens is 254 g/mol. The molecular formula is C12H13NO2S2. The van der Waals surface area contributed by atoms with Gasteiger partial charge in [-0.15, -0.1) is 22.7 Å². The first-order valence-electron chi connectivity index (χ1n) is 5.22. The molecule has 5 heteroatoms. The molecule has 0 bridgehead atoms. The van der Waals surface area contributed by atoms with Crippen molar-refractivity contribution in [3.8, 4) is 0 Å². The monoisotopic (exact) mass is 267 g/mol. The van der Waals surface area contributed by atoms with Gasteiger partial charge in [0.2, 0.25) is 0 Å². The standard InChI is InChI=1S/C12H13NO2S2/c1-8-9(5-11(17-8)12(14)15)6-13-7-10-3-2-4-16-10/h2-5,13H,6-7H2,1H3,(H,14,15). The van der Waals surface area contributed by atoms with E-state index in [0.717, 1.165) is 17.0 Å². The molecule has 0 fully saturated rings. The quantitative estimate of drug-likeness (QED) is 0.875. The second-order valence-electron chi connectivity index (χ2n) is 3.68. The Morgan fingerprint density at radius 2 is 2.29 bits per heavy atom. The summed E-state index contributed by atoms with van der Waals surface area (Å²) >= 11 is 3.05. The predicted octanol–water partition coefficient (Wildman–Crippen LogP) is 3.11. The van der Waals surface area contributed by atoms with Crippen LogP contribution in [0.5, 0.6) is 0 Å². The third-order valence-corrected chi connectivity index (χ3v) is 4.38. The van der Waals surface area contributed by atoms with E-state index in [4.69, 9.17) is 5.11 Å². The van der Waals surface area contributed by atoms with Crippen molar-refractivity contribution in [3.63, 3.8) is 0 Å². The Morgan fingerprint density at radius 3 is 2.88 bits per heavy atom. The number of hydrogen-bond donors (Lipinski definition) is 2. The van der Waals surface area contributed by atoms with Gasteiger partial charge in [0.1, 0.15) is 4.88 Å². The van der Waals surface area contributed by atoms with Crippen molar-refractivity contribution in [2.75, 3.05) is 0 Å². The molecule has 0 saturated carbocycles. The maximum atomic E-state index is 10.8. The summed E-state index contributed by atoms with van der Waals surface area (Å²) in [6.45, 7) is 3.50. The highest BCUT2D eigenvalue weighted by atomic mass is 32.1. The molecule has 0 atom stereocenters. The highest BCUT2D eigenvalue weighted by molar-refractivity contribution is 7.14. The van der Waals surface area contributed by atoms with Gasteiger partial charge >= 0.3 is 5.97 Å². The highest BCUT2D eigenvalue weighted by Crippen LogP contribution is 2.21. The fraction of sp³-hybridized carbons (Fsp3) is 0.250. The van der Waals surface area contributed by atoms with Crippen LogP contribution in [0.2, 0.25) is 0 Å². The van der Waals surface area contributed by atoms with Gasteiger partial charge in [-0.05, 0) is 30.0 Å². The normalized spacial score (nSPS) is 10.6. The van der Waals surface area contributed by atoms with Gasteiger partial charge in [-0.2, -0.15) is 0 Å². The van der Waals surface area contributed by atoms with Gasteiger partial charge in [0.05, 0.1) is 0 Å². The second-order valence-corrected chi connectivity index (χ2v) is 5.97. The SMILES string of the molecule is Cc1sc(C(=O)O)cc1CNCc1cccs1. The van der Waals surface area contributed by atoms with Crippen molar-refractivity contribution >= 4 is 28.6 Å². The van der Waals surface area contributed by atoms with Crippen molar-refractivity contribution in [2.24, 2.45) is 0 Å². The molecule has 0 aliphatic rings. The number of carboxylic acids is 1. The summed E-state index contributed by atoms with van der Waals surface area (Å²) in [5.74, 6) is -0.845. The summed E-state index contributed by atoms with van der Waals surface area (Å²) in [7, 11) is 0. The molecule has 0 spiro atoms. The van der Waals surface area contributed by atoms with Crippen LogP contribution in [0.25, 0.3) is 0 Å². The van der Waals surface area contributed by atoms with Gasteiger partial charge < -0.3 is 10.4 Å². The maximum Gasteiger partial charge on any atom is 0.345 e. The average Bonchev–Trinajstić information content (AvgIpc) is 2.89. The van der Waals surface area contributed by atoms with E-state index in [1.54, 1.807) is 17.4 Å². The van der Waals surface area contributed by atoms with Crippen molar-refractivity contribution < 1.29 is 9.90 Å². The van der Waals surface area contributed by atoms with Crippen LogP contribution in [0.3, 0.4) is 0 Å². The lowest BCUT2D eigenvalue weighted by molar-refractivity contribution is 0.0702. The molecule has 0 aliphatic heterocycles. The largest absolute Gasteiger partial charge is 0.477 e. The summed E-state index contributed by atoms with van der Waals surface area (Å²) in [5, 5.41) is 14.3. The van der Waals surface area contributed by atoms with Crippen LogP contribution in [0.1, 0.15) is 25.0 Å². The minimum Gasteiger partial charge on any atom is -0.477 e. The minimum atomic E-state index is -0.845. The van der Waals surface area contributed by atoms with Gasteiger partial charge in [-0.3, -0.25) is 0 Å². The highest BCUT2D eigenvalue weighted by Gasteiger charge is 2.10. The van der Waals surface area contributed by atoms with E-state index >= 15 is 0 Å². The molecule has 3 nitrogen and oxygen atoms in total. The van der Waals surface area contributed by atoms with E-state index in [2.05, 4.69) is 16.8 Å². The van der Waals surface area contributed by atoms with Gasteiger partial charge in [-0.25, -0.2) is 4.79 Å². The third-order valence-electron chi connectivity index (χ3n) is 2.43. The molecule has 2 aromatic rings. The first-order chi connectivity index (χ1) is 8.16. The van der Waals surface area contributed by atoms with Crippen LogP contribution >= 0.6 is 22.7 Å². The number of carbonyl (C=O) groups is 1. The first kappa shape index (κ1) is 12.3. The summed E-state index contributed by atoms with van der Waals surface area (Å²) in [6.07, 6.45) is 0. The van der Waals surface area contributed by atoms with E-state index < -0.39 is 5.97 Å². The smallest absolute Gasteiger partial charge is 0.345 e. The van der Waals surface area contributed by atoms with Gasteiger partial charge in [0, 0.05) is 22.8 Å². The molecule has 0 saturated heterocycles. The molecule has 0 aliphatic carbocycles. The van der Waals surface area contributed by atoms with E-state index in [-0.39, 0.29) is 0 Å². The second kappa shape index (κ2) is 5.44. The Morgan fingerprint density at radius 1 is 1.47 bits per heavy atom. The average molecular weight is 267 g/mol. The molecule has 0 radical (unpaired) electrons. The third kappa shape index (κ3) is 3.15. The van der Waals surface area contributed by atoms with Crippen molar-refractivity contribution in [1.82, 2.24) is 5.32 Å². The van der Waals surface area contributed by atoms with Crippen LogP contribution < -0.4 is 5.32 Å². The Bertz CT molecular complexity index is 503. The number of hydrogen-bond acceptors (Lipinski definition) is 4. The zero-order valence-electron chi connectivity index (χ0n) is 9.40. The van der Waals surface area contributed by atoms with Crippen molar-refractivity contribution in [1.29, 1.82) is 0 Å². The molecule has 2 aromatic heterocycles. The summed E-state index contributed by atoms with van der Waals surface area (Å²) in [4.78, 5) is 13.6. The summed E-state index contributed by atoms with van der Waals surface area (Å²) in [5.41, 5.74) is 1.07. The minimum absolute atomic E-state index is 0.412. The lowest BCUT2D eigenvalue weighted by atomic mass is 10.2.